The van der Waals surface area contributed by atoms with Crippen LogP contribution in [0.5, 0.6) is 11.5 Å². The van der Waals surface area contributed by atoms with Gasteiger partial charge in [0.1, 0.15) is 0 Å². The number of tetrazole rings is 1. The number of fused-ring (bicyclic) bond motifs is 1. The molecule has 0 bridgehead atoms. The number of benzene rings is 1. The second-order valence-corrected chi connectivity index (χ2v) is 5.17. The molecule has 1 aliphatic rings. The Hall–Kier alpha value is -2.64. The second-order valence-electron chi connectivity index (χ2n) is 5.17. The zero-order valence-corrected chi connectivity index (χ0v) is 12.9. The Labute approximate surface area is 133 Å². The molecule has 0 saturated heterocycles. The summed E-state index contributed by atoms with van der Waals surface area (Å²) in [5.74, 6) is 1.73. The number of carbonyl (C=O) groups is 1. The third kappa shape index (κ3) is 3.77. The smallest absolute Gasteiger partial charge is 0.306 e. The zero-order chi connectivity index (χ0) is 16.1. The predicted molar refractivity (Wildman–Crippen MR) is 78.8 cm³/mol. The van der Waals surface area contributed by atoms with Gasteiger partial charge in [0.2, 0.25) is 6.79 Å². The summed E-state index contributed by atoms with van der Waals surface area (Å²) in [6, 6.07) is 5.65. The maximum atomic E-state index is 11.9. The summed E-state index contributed by atoms with van der Waals surface area (Å²) in [4.78, 5) is 11.9. The first kappa shape index (κ1) is 15.3. The lowest BCUT2D eigenvalue weighted by Gasteiger charge is -2.06. The first-order valence-electron chi connectivity index (χ1n) is 7.55. The van der Waals surface area contributed by atoms with Gasteiger partial charge in [0.15, 0.2) is 23.9 Å². The van der Waals surface area contributed by atoms with Crippen LogP contribution in [0.2, 0.25) is 0 Å². The largest absolute Gasteiger partial charge is 0.457 e. The van der Waals surface area contributed by atoms with Crippen LogP contribution < -0.4 is 9.47 Å². The van der Waals surface area contributed by atoms with E-state index in [0.29, 0.717) is 18.8 Å². The Balaban J connectivity index is 1.47. The Morgan fingerprint density at radius 2 is 2.22 bits per heavy atom. The number of aryl methyl sites for hydroxylation is 2. The summed E-state index contributed by atoms with van der Waals surface area (Å²) in [5.41, 5.74) is 1.00. The number of aromatic nitrogens is 4. The van der Waals surface area contributed by atoms with Crippen molar-refractivity contribution in [2.45, 2.75) is 39.3 Å². The van der Waals surface area contributed by atoms with E-state index in [2.05, 4.69) is 15.5 Å². The molecule has 0 amide bonds. The normalized spacial score (nSPS) is 12.4. The number of esters is 1. The minimum Gasteiger partial charge on any atom is -0.457 e. The van der Waals surface area contributed by atoms with Gasteiger partial charge in [-0.2, -0.15) is 0 Å². The Kier molecular flexibility index (Phi) is 4.70. The van der Waals surface area contributed by atoms with Crippen molar-refractivity contribution < 1.29 is 19.0 Å². The van der Waals surface area contributed by atoms with E-state index in [1.165, 1.54) is 0 Å². The van der Waals surface area contributed by atoms with Gasteiger partial charge < -0.3 is 14.2 Å². The van der Waals surface area contributed by atoms with Crippen LogP contribution in [0.25, 0.3) is 0 Å². The topological polar surface area (TPSA) is 88.4 Å². The third-order valence-corrected chi connectivity index (χ3v) is 3.46. The van der Waals surface area contributed by atoms with Crippen LogP contribution >= 0.6 is 0 Å². The lowest BCUT2D eigenvalue weighted by atomic mass is 10.1. The van der Waals surface area contributed by atoms with Gasteiger partial charge in [0.05, 0.1) is 0 Å². The van der Waals surface area contributed by atoms with E-state index in [-0.39, 0.29) is 25.8 Å². The quantitative estimate of drug-likeness (QED) is 0.714. The predicted octanol–water partition coefficient (Wildman–Crippen LogP) is 1.49. The zero-order valence-electron chi connectivity index (χ0n) is 12.9. The SMILES string of the molecule is CCCn1nnnc1COC(=O)CCc1ccc2c(c1)OCO2. The van der Waals surface area contributed by atoms with E-state index in [1.807, 2.05) is 25.1 Å². The molecule has 8 heteroatoms. The van der Waals surface area contributed by atoms with E-state index < -0.39 is 0 Å². The summed E-state index contributed by atoms with van der Waals surface area (Å²) in [5, 5.41) is 11.3. The molecule has 1 aromatic carbocycles. The van der Waals surface area contributed by atoms with Crippen LogP contribution in [0, 0.1) is 0 Å². The minimum atomic E-state index is -0.284. The molecule has 1 aromatic heterocycles. The van der Waals surface area contributed by atoms with Crippen LogP contribution in [-0.2, 0) is 29.1 Å². The molecule has 3 rings (SSSR count). The van der Waals surface area contributed by atoms with Crippen LogP contribution in [-0.4, -0.2) is 33.0 Å². The van der Waals surface area contributed by atoms with Crippen molar-refractivity contribution >= 4 is 5.97 Å². The molecular weight excluding hydrogens is 300 g/mol. The van der Waals surface area contributed by atoms with Crippen molar-refractivity contribution in [3.63, 3.8) is 0 Å². The molecule has 0 N–H and O–H groups in total. The van der Waals surface area contributed by atoms with Gasteiger partial charge >= 0.3 is 5.97 Å². The molecule has 8 nitrogen and oxygen atoms in total. The Morgan fingerprint density at radius 3 is 3.09 bits per heavy atom. The van der Waals surface area contributed by atoms with Crippen LogP contribution in [0.15, 0.2) is 18.2 Å². The van der Waals surface area contributed by atoms with Gasteiger partial charge in [-0.1, -0.05) is 13.0 Å². The third-order valence-electron chi connectivity index (χ3n) is 3.46. The molecule has 0 radical (unpaired) electrons. The van der Waals surface area contributed by atoms with Gasteiger partial charge in [0.25, 0.3) is 0 Å². The Bertz CT molecular complexity index is 686. The average molecular weight is 318 g/mol. The van der Waals surface area contributed by atoms with E-state index >= 15 is 0 Å². The van der Waals surface area contributed by atoms with E-state index in [0.717, 1.165) is 23.5 Å². The number of carbonyl (C=O) groups excluding carboxylic acids is 1. The van der Waals surface area contributed by atoms with Crippen molar-refractivity contribution in [1.82, 2.24) is 20.2 Å². The first-order chi connectivity index (χ1) is 11.3. The second kappa shape index (κ2) is 7.08. The van der Waals surface area contributed by atoms with Gasteiger partial charge in [-0.05, 0) is 41.0 Å². The van der Waals surface area contributed by atoms with Gasteiger partial charge in [-0.3, -0.25) is 4.79 Å². The highest BCUT2D eigenvalue weighted by molar-refractivity contribution is 5.69. The minimum absolute atomic E-state index is 0.0903. The van der Waals surface area contributed by atoms with E-state index in [9.17, 15) is 4.79 Å². The maximum absolute atomic E-state index is 11.9. The van der Waals surface area contributed by atoms with Gasteiger partial charge in [0, 0.05) is 13.0 Å². The fraction of sp³-hybridized carbons (Fsp3) is 0.467. The molecule has 122 valence electrons. The summed E-state index contributed by atoms with van der Waals surface area (Å²) >= 11 is 0. The fourth-order valence-electron chi connectivity index (χ4n) is 2.27. The molecule has 2 heterocycles. The molecule has 1 aliphatic heterocycles. The maximum Gasteiger partial charge on any atom is 0.306 e. The van der Waals surface area contributed by atoms with Crippen molar-refractivity contribution in [3.05, 3.63) is 29.6 Å². The van der Waals surface area contributed by atoms with Crippen LogP contribution in [0.4, 0.5) is 0 Å². The molecule has 0 saturated carbocycles. The van der Waals surface area contributed by atoms with Crippen LogP contribution in [0.1, 0.15) is 31.2 Å². The van der Waals surface area contributed by atoms with Crippen molar-refractivity contribution in [1.29, 1.82) is 0 Å². The molecular formula is C15H18N4O4. The summed E-state index contributed by atoms with van der Waals surface area (Å²) in [6.07, 6.45) is 1.78. The highest BCUT2D eigenvalue weighted by Crippen LogP contribution is 2.32. The highest BCUT2D eigenvalue weighted by Gasteiger charge is 2.14. The molecule has 0 aliphatic carbocycles. The number of hydrogen-bond acceptors (Lipinski definition) is 7. The average Bonchev–Trinajstić information content (AvgIpc) is 3.19. The number of rotatable bonds is 7. The highest BCUT2D eigenvalue weighted by atomic mass is 16.7. The van der Waals surface area contributed by atoms with Gasteiger partial charge in [-0.25, -0.2) is 4.68 Å². The fourth-order valence-corrected chi connectivity index (χ4v) is 2.27. The monoisotopic (exact) mass is 318 g/mol. The number of ether oxygens (including phenoxy) is 3. The molecule has 2 aromatic rings. The summed E-state index contributed by atoms with van der Waals surface area (Å²) < 4.78 is 17.4. The van der Waals surface area contributed by atoms with Crippen molar-refractivity contribution in [3.8, 4) is 11.5 Å². The van der Waals surface area contributed by atoms with Crippen molar-refractivity contribution in [2.75, 3.05) is 6.79 Å². The summed E-state index contributed by atoms with van der Waals surface area (Å²) in [7, 11) is 0. The molecule has 0 spiro atoms. The van der Waals surface area contributed by atoms with Crippen molar-refractivity contribution in [2.24, 2.45) is 0 Å². The first-order valence-corrected chi connectivity index (χ1v) is 7.55. The number of nitrogens with zero attached hydrogens (tertiary/aromatic N) is 4. The summed E-state index contributed by atoms with van der Waals surface area (Å²) in [6.45, 7) is 3.07. The molecule has 0 unspecified atom stereocenters. The van der Waals surface area contributed by atoms with E-state index in [1.54, 1.807) is 4.68 Å². The lowest BCUT2D eigenvalue weighted by molar-refractivity contribution is -0.145. The molecule has 0 fully saturated rings. The Morgan fingerprint density at radius 1 is 1.35 bits per heavy atom. The molecule has 0 atom stereocenters. The van der Waals surface area contributed by atoms with Crippen LogP contribution in [0.3, 0.4) is 0 Å². The van der Waals surface area contributed by atoms with E-state index in [4.69, 9.17) is 14.2 Å². The lowest BCUT2D eigenvalue weighted by Crippen LogP contribution is -2.11. The molecule has 23 heavy (non-hydrogen) atoms. The van der Waals surface area contributed by atoms with Gasteiger partial charge in [-0.15, -0.1) is 5.10 Å². The standard InChI is InChI=1S/C15H18N4O4/c1-2-7-19-14(16-17-18-19)9-21-15(20)6-4-11-3-5-12-13(8-11)23-10-22-12/h3,5,8H,2,4,6-7,9-10H2,1H3. The number of hydrogen-bond donors (Lipinski definition) is 0.